The van der Waals surface area contributed by atoms with Crippen LogP contribution in [0.5, 0.6) is 0 Å². The summed E-state index contributed by atoms with van der Waals surface area (Å²) in [4.78, 5) is 0. The van der Waals surface area contributed by atoms with Crippen molar-refractivity contribution in [1.29, 1.82) is 5.26 Å². The van der Waals surface area contributed by atoms with Crippen LogP contribution in [0.4, 0.5) is 0 Å². The Bertz CT molecular complexity index is 506. The monoisotopic (exact) mass is 280 g/mol. The molecule has 0 aliphatic rings. The number of unbranched alkanes of at least 4 members (excludes halogenated alkanes) is 2. The molecular weight excluding hydrogens is 260 g/mol. The summed E-state index contributed by atoms with van der Waals surface area (Å²) in [5, 5.41) is 8.38. The zero-order valence-electron chi connectivity index (χ0n) is 11.2. The van der Waals surface area contributed by atoms with E-state index in [-0.39, 0.29) is 11.7 Å². The molecule has 5 heteroatoms. The third-order valence-electron chi connectivity index (χ3n) is 2.88. The first-order valence-corrected chi connectivity index (χ1v) is 8.09. The van der Waals surface area contributed by atoms with E-state index in [9.17, 15) is 8.42 Å². The predicted molar refractivity (Wildman–Crippen MR) is 76.1 cm³/mol. The van der Waals surface area contributed by atoms with Gasteiger partial charge in [-0.2, -0.15) is 5.26 Å². The first-order chi connectivity index (χ1) is 9.05. The second-order valence-corrected chi connectivity index (χ2v) is 6.45. The predicted octanol–water partition coefficient (Wildman–Crippen LogP) is 2.40. The molecule has 0 aliphatic carbocycles. The first-order valence-electron chi connectivity index (χ1n) is 6.44. The Morgan fingerprint density at radius 3 is 2.58 bits per heavy atom. The summed E-state index contributed by atoms with van der Waals surface area (Å²) in [6, 6.07) is 11.7. The number of nitrogens with zero attached hydrogens (tertiary/aromatic N) is 1. The summed E-state index contributed by atoms with van der Waals surface area (Å²) >= 11 is 0. The van der Waals surface area contributed by atoms with Crippen molar-refractivity contribution in [3.05, 3.63) is 35.9 Å². The highest BCUT2D eigenvalue weighted by Crippen LogP contribution is 2.16. The van der Waals surface area contributed by atoms with Crippen LogP contribution in [0.25, 0.3) is 0 Å². The van der Waals surface area contributed by atoms with Crippen molar-refractivity contribution in [3.63, 3.8) is 0 Å². The van der Waals surface area contributed by atoms with Gasteiger partial charge in [0.25, 0.3) is 0 Å². The second kappa shape index (κ2) is 7.93. The highest BCUT2D eigenvalue weighted by atomic mass is 32.2. The van der Waals surface area contributed by atoms with E-state index in [1.54, 1.807) is 0 Å². The van der Waals surface area contributed by atoms with Crippen molar-refractivity contribution in [2.45, 2.75) is 32.1 Å². The van der Waals surface area contributed by atoms with E-state index in [2.05, 4.69) is 4.72 Å². The molecule has 0 spiro atoms. The van der Waals surface area contributed by atoms with Crippen molar-refractivity contribution in [3.8, 4) is 6.07 Å². The Kier molecular flexibility index (Phi) is 6.54. The molecule has 0 saturated heterocycles. The van der Waals surface area contributed by atoms with E-state index in [1.165, 1.54) is 0 Å². The standard InChI is InChI=1S/C14H20N2O2S/c1-13(14-8-4-2-5-9-14)12-19(17,18)16-11-7-3-6-10-15/h2,4-5,8-9,13,16H,3,6-7,11-12H2,1H3. The lowest BCUT2D eigenvalue weighted by atomic mass is 10.0. The third-order valence-corrected chi connectivity index (χ3v) is 4.46. The maximum absolute atomic E-state index is 11.9. The number of nitrogens with one attached hydrogen (secondary N) is 1. The highest BCUT2D eigenvalue weighted by Gasteiger charge is 2.16. The summed E-state index contributed by atoms with van der Waals surface area (Å²) in [5.74, 6) is 0.0627. The van der Waals surface area contributed by atoms with Crippen LogP contribution in [0.3, 0.4) is 0 Å². The lowest BCUT2D eigenvalue weighted by Crippen LogP contribution is -2.29. The molecule has 1 unspecified atom stereocenters. The minimum absolute atomic E-state index is 0.0298. The smallest absolute Gasteiger partial charge is 0.212 e. The molecule has 19 heavy (non-hydrogen) atoms. The molecule has 104 valence electrons. The van der Waals surface area contributed by atoms with Gasteiger partial charge in [0.2, 0.25) is 10.0 Å². The van der Waals surface area contributed by atoms with Crippen molar-refractivity contribution in [2.24, 2.45) is 0 Å². The Morgan fingerprint density at radius 1 is 1.26 bits per heavy atom. The van der Waals surface area contributed by atoms with Gasteiger partial charge in [-0.1, -0.05) is 37.3 Å². The fourth-order valence-electron chi connectivity index (χ4n) is 1.82. The molecule has 1 rings (SSSR count). The van der Waals surface area contributed by atoms with Gasteiger partial charge in [-0.25, -0.2) is 13.1 Å². The molecule has 0 fully saturated rings. The van der Waals surface area contributed by atoms with Crippen LogP contribution in [-0.2, 0) is 10.0 Å². The Hall–Kier alpha value is -1.38. The minimum Gasteiger partial charge on any atom is -0.215 e. The quantitative estimate of drug-likeness (QED) is 0.743. The molecule has 1 atom stereocenters. The van der Waals surface area contributed by atoms with Crippen molar-refractivity contribution < 1.29 is 8.42 Å². The summed E-state index contributed by atoms with van der Waals surface area (Å²) in [7, 11) is -3.25. The summed E-state index contributed by atoms with van der Waals surface area (Å²) in [5.41, 5.74) is 1.03. The average molecular weight is 280 g/mol. The zero-order chi connectivity index (χ0) is 14.1. The normalized spacial score (nSPS) is 12.8. The SMILES string of the molecule is CC(CS(=O)(=O)NCCCCC#N)c1ccccc1. The molecule has 0 amide bonds. The second-order valence-electron chi connectivity index (χ2n) is 4.60. The van der Waals surface area contributed by atoms with Crippen LogP contribution in [0, 0.1) is 11.3 Å². The number of hydrogen-bond donors (Lipinski definition) is 1. The molecule has 1 aromatic carbocycles. The van der Waals surface area contributed by atoms with Gasteiger partial charge in [0.1, 0.15) is 0 Å². The van der Waals surface area contributed by atoms with E-state index < -0.39 is 10.0 Å². The number of benzene rings is 1. The molecule has 0 aliphatic heterocycles. The number of nitriles is 1. The molecule has 1 N–H and O–H groups in total. The molecule has 0 radical (unpaired) electrons. The molecular formula is C14H20N2O2S. The van der Waals surface area contributed by atoms with Crippen LogP contribution in [0.15, 0.2) is 30.3 Å². The largest absolute Gasteiger partial charge is 0.215 e. The molecule has 0 aromatic heterocycles. The fourth-order valence-corrected chi connectivity index (χ4v) is 3.25. The minimum atomic E-state index is -3.25. The number of sulfonamides is 1. The van der Waals surface area contributed by atoms with Gasteiger partial charge in [-0.3, -0.25) is 0 Å². The van der Waals surface area contributed by atoms with Gasteiger partial charge >= 0.3 is 0 Å². The molecule has 0 saturated carbocycles. The van der Waals surface area contributed by atoms with Gasteiger partial charge in [-0.15, -0.1) is 0 Å². The van der Waals surface area contributed by atoms with Gasteiger partial charge < -0.3 is 0 Å². The van der Waals surface area contributed by atoms with Crippen LogP contribution in [-0.4, -0.2) is 20.7 Å². The number of hydrogen-bond acceptors (Lipinski definition) is 3. The fraction of sp³-hybridized carbons (Fsp3) is 0.500. The van der Waals surface area contributed by atoms with Crippen LogP contribution >= 0.6 is 0 Å². The summed E-state index contributed by atoms with van der Waals surface area (Å²) < 4.78 is 26.3. The van der Waals surface area contributed by atoms with Crippen molar-refractivity contribution >= 4 is 10.0 Å². The van der Waals surface area contributed by atoms with Gasteiger partial charge in [0.05, 0.1) is 11.8 Å². The van der Waals surface area contributed by atoms with E-state index in [1.807, 2.05) is 43.3 Å². The highest BCUT2D eigenvalue weighted by molar-refractivity contribution is 7.89. The van der Waals surface area contributed by atoms with E-state index >= 15 is 0 Å². The van der Waals surface area contributed by atoms with Crippen molar-refractivity contribution in [2.75, 3.05) is 12.3 Å². The zero-order valence-corrected chi connectivity index (χ0v) is 12.0. The maximum Gasteiger partial charge on any atom is 0.212 e. The van der Waals surface area contributed by atoms with Crippen LogP contribution < -0.4 is 4.72 Å². The van der Waals surface area contributed by atoms with Crippen molar-refractivity contribution in [1.82, 2.24) is 4.72 Å². The number of rotatable bonds is 8. The lowest BCUT2D eigenvalue weighted by Gasteiger charge is -2.13. The summed E-state index contributed by atoms with van der Waals surface area (Å²) in [6.45, 7) is 2.32. The molecule has 4 nitrogen and oxygen atoms in total. The summed E-state index contributed by atoms with van der Waals surface area (Å²) in [6.07, 6.45) is 1.90. The van der Waals surface area contributed by atoms with E-state index in [0.717, 1.165) is 12.0 Å². The van der Waals surface area contributed by atoms with E-state index in [4.69, 9.17) is 5.26 Å². The van der Waals surface area contributed by atoms with Gasteiger partial charge in [0.15, 0.2) is 0 Å². The lowest BCUT2D eigenvalue weighted by molar-refractivity contribution is 0.572. The first kappa shape index (κ1) is 15.7. The van der Waals surface area contributed by atoms with Crippen LogP contribution in [0.1, 0.15) is 37.7 Å². The molecule has 0 bridgehead atoms. The molecule has 1 aromatic rings. The topological polar surface area (TPSA) is 70.0 Å². The Morgan fingerprint density at radius 2 is 1.95 bits per heavy atom. The third kappa shape index (κ3) is 6.37. The Balaban J connectivity index is 2.40. The van der Waals surface area contributed by atoms with Crippen LogP contribution in [0.2, 0.25) is 0 Å². The molecule has 0 heterocycles. The Labute approximate surface area is 115 Å². The van der Waals surface area contributed by atoms with E-state index in [0.29, 0.717) is 19.4 Å². The van der Waals surface area contributed by atoms with Gasteiger partial charge in [-0.05, 0) is 24.3 Å². The van der Waals surface area contributed by atoms with Gasteiger partial charge in [0, 0.05) is 13.0 Å². The average Bonchev–Trinajstić information content (AvgIpc) is 2.39. The maximum atomic E-state index is 11.9.